The third-order valence-corrected chi connectivity index (χ3v) is 3.51. The second-order valence-corrected chi connectivity index (χ2v) is 4.16. The average molecular weight is 168 g/mol. The topological polar surface area (TPSA) is 55.1 Å². The van der Waals surface area contributed by atoms with Gasteiger partial charge in [-0.1, -0.05) is 12.8 Å². The van der Waals surface area contributed by atoms with Crippen molar-refractivity contribution in [2.24, 2.45) is 17.1 Å². The van der Waals surface area contributed by atoms with Crippen LogP contribution in [0.25, 0.3) is 0 Å². The fourth-order valence-corrected chi connectivity index (χ4v) is 2.81. The van der Waals surface area contributed by atoms with Crippen LogP contribution in [-0.2, 0) is 4.79 Å². The Hall–Kier alpha value is -0.570. The first kappa shape index (κ1) is 8.05. The van der Waals surface area contributed by atoms with E-state index in [1.165, 1.54) is 25.7 Å². The maximum Gasteiger partial charge on any atom is 0.222 e. The van der Waals surface area contributed by atoms with Gasteiger partial charge >= 0.3 is 0 Å². The van der Waals surface area contributed by atoms with Gasteiger partial charge in [0.15, 0.2) is 0 Å². The van der Waals surface area contributed by atoms with Gasteiger partial charge in [-0.25, -0.2) is 0 Å². The molecule has 2 fully saturated rings. The van der Waals surface area contributed by atoms with E-state index < -0.39 is 0 Å². The Bertz CT molecular complexity index is 191. The maximum absolute atomic E-state index is 11.1. The molecule has 3 heteroatoms. The van der Waals surface area contributed by atoms with Crippen molar-refractivity contribution in [1.29, 1.82) is 0 Å². The van der Waals surface area contributed by atoms with Crippen LogP contribution in [0, 0.1) is 11.3 Å². The Labute approximate surface area is 72.7 Å². The summed E-state index contributed by atoms with van der Waals surface area (Å²) in [5, 5.41) is 3.29. The van der Waals surface area contributed by atoms with Crippen molar-refractivity contribution in [1.82, 2.24) is 5.32 Å². The molecule has 2 aliphatic rings. The predicted molar refractivity (Wildman–Crippen MR) is 46.5 cm³/mol. The summed E-state index contributed by atoms with van der Waals surface area (Å²) < 4.78 is 0. The molecule has 3 N–H and O–H groups in total. The molecule has 1 spiro atoms. The number of primary amides is 1. The summed E-state index contributed by atoms with van der Waals surface area (Å²) in [5.74, 6) is -0.0121. The molecule has 1 saturated heterocycles. The fraction of sp³-hybridized carbons (Fsp3) is 0.889. The highest BCUT2D eigenvalue weighted by Gasteiger charge is 2.47. The average Bonchev–Trinajstić information content (AvgIpc) is 2.61. The first-order valence-electron chi connectivity index (χ1n) is 4.75. The van der Waals surface area contributed by atoms with Gasteiger partial charge in [-0.05, 0) is 18.3 Å². The molecule has 0 bridgehead atoms. The van der Waals surface area contributed by atoms with Gasteiger partial charge < -0.3 is 11.1 Å². The highest BCUT2D eigenvalue weighted by molar-refractivity contribution is 5.78. The molecular formula is C9H16N2O. The van der Waals surface area contributed by atoms with Crippen molar-refractivity contribution in [2.45, 2.75) is 25.7 Å². The Morgan fingerprint density at radius 3 is 2.67 bits per heavy atom. The monoisotopic (exact) mass is 168 g/mol. The summed E-state index contributed by atoms with van der Waals surface area (Å²) >= 11 is 0. The largest absolute Gasteiger partial charge is 0.369 e. The number of hydrogen-bond donors (Lipinski definition) is 2. The maximum atomic E-state index is 11.1. The summed E-state index contributed by atoms with van der Waals surface area (Å²) in [4.78, 5) is 11.1. The van der Waals surface area contributed by atoms with Crippen LogP contribution in [0.5, 0.6) is 0 Å². The molecule has 0 aromatic carbocycles. The molecule has 1 unspecified atom stereocenters. The van der Waals surface area contributed by atoms with Crippen molar-refractivity contribution in [2.75, 3.05) is 13.1 Å². The number of rotatable bonds is 1. The lowest BCUT2D eigenvalue weighted by Crippen LogP contribution is -2.36. The third-order valence-electron chi connectivity index (χ3n) is 3.51. The van der Waals surface area contributed by atoms with Crippen LogP contribution >= 0.6 is 0 Å². The highest BCUT2D eigenvalue weighted by atomic mass is 16.1. The SMILES string of the molecule is NC(=O)C1CNCC12CCCC2. The molecular weight excluding hydrogens is 152 g/mol. The van der Waals surface area contributed by atoms with Crippen molar-refractivity contribution in [3.8, 4) is 0 Å². The number of carbonyl (C=O) groups is 1. The van der Waals surface area contributed by atoms with Crippen LogP contribution in [0.1, 0.15) is 25.7 Å². The van der Waals surface area contributed by atoms with Gasteiger partial charge in [0, 0.05) is 13.1 Å². The van der Waals surface area contributed by atoms with Crippen LogP contribution in [0.15, 0.2) is 0 Å². The highest BCUT2D eigenvalue weighted by Crippen LogP contribution is 2.46. The van der Waals surface area contributed by atoms with Crippen LogP contribution in [0.3, 0.4) is 0 Å². The van der Waals surface area contributed by atoms with Gasteiger partial charge in [-0.2, -0.15) is 0 Å². The summed E-state index contributed by atoms with van der Waals surface area (Å²) in [6.07, 6.45) is 4.91. The molecule has 3 nitrogen and oxygen atoms in total. The second kappa shape index (κ2) is 2.73. The lowest BCUT2D eigenvalue weighted by molar-refractivity contribution is -0.124. The van der Waals surface area contributed by atoms with Crippen LogP contribution in [0.2, 0.25) is 0 Å². The Morgan fingerprint density at radius 1 is 1.42 bits per heavy atom. The molecule has 0 radical (unpaired) electrons. The lowest BCUT2D eigenvalue weighted by atomic mass is 9.76. The molecule has 0 aromatic heterocycles. The van der Waals surface area contributed by atoms with Crippen LogP contribution in [0.4, 0.5) is 0 Å². The van der Waals surface area contributed by atoms with Crippen LogP contribution < -0.4 is 11.1 Å². The number of amides is 1. The summed E-state index contributed by atoms with van der Waals surface area (Å²) in [7, 11) is 0. The zero-order valence-corrected chi connectivity index (χ0v) is 7.31. The van der Waals surface area contributed by atoms with E-state index in [0.29, 0.717) is 0 Å². The van der Waals surface area contributed by atoms with Gasteiger partial charge in [-0.15, -0.1) is 0 Å². The van der Waals surface area contributed by atoms with E-state index in [4.69, 9.17) is 5.73 Å². The molecule has 1 amide bonds. The Morgan fingerprint density at radius 2 is 2.08 bits per heavy atom. The van der Waals surface area contributed by atoms with Gasteiger partial charge in [-0.3, -0.25) is 4.79 Å². The van der Waals surface area contributed by atoms with E-state index in [0.717, 1.165) is 13.1 Å². The number of nitrogens with two attached hydrogens (primary N) is 1. The van der Waals surface area contributed by atoms with Crippen molar-refractivity contribution >= 4 is 5.91 Å². The van der Waals surface area contributed by atoms with Crippen molar-refractivity contribution < 1.29 is 4.79 Å². The van der Waals surface area contributed by atoms with Gasteiger partial charge in [0.05, 0.1) is 5.92 Å². The zero-order valence-electron chi connectivity index (χ0n) is 7.31. The number of carbonyl (C=O) groups excluding carboxylic acids is 1. The molecule has 2 rings (SSSR count). The molecule has 1 aliphatic carbocycles. The Kier molecular flexibility index (Phi) is 1.83. The quantitative estimate of drug-likeness (QED) is 0.589. The lowest BCUT2D eigenvalue weighted by Gasteiger charge is -2.27. The van der Waals surface area contributed by atoms with E-state index in [1.807, 2.05) is 0 Å². The number of nitrogens with one attached hydrogen (secondary N) is 1. The first-order valence-corrected chi connectivity index (χ1v) is 4.75. The summed E-state index contributed by atoms with van der Waals surface area (Å²) in [5.41, 5.74) is 5.62. The molecule has 12 heavy (non-hydrogen) atoms. The number of hydrogen-bond acceptors (Lipinski definition) is 2. The minimum absolute atomic E-state index is 0.0972. The van der Waals surface area contributed by atoms with Gasteiger partial charge in [0.25, 0.3) is 0 Å². The predicted octanol–water partition coefficient (Wildman–Crippen LogP) is 0.251. The van der Waals surface area contributed by atoms with E-state index in [9.17, 15) is 4.79 Å². The minimum atomic E-state index is -0.109. The Balaban J connectivity index is 2.17. The molecule has 1 heterocycles. The third kappa shape index (κ3) is 1.04. The van der Waals surface area contributed by atoms with Crippen LogP contribution in [-0.4, -0.2) is 19.0 Å². The molecule has 1 atom stereocenters. The minimum Gasteiger partial charge on any atom is -0.369 e. The summed E-state index contributed by atoms with van der Waals surface area (Å²) in [6, 6.07) is 0. The van der Waals surface area contributed by atoms with E-state index in [1.54, 1.807) is 0 Å². The fourth-order valence-electron chi connectivity index (χ4n) is 2.81. The van der Waals surface area contributed by atoms with Crippen molar-refractivity contribution in [3.05, 3.63) is 0 Å². The molecule has 0 aromatic rings. The first-order chi connectivity index (χ1) is 5.75. The van der Waals surface area contributed by atoms with E-state index >= 15 is 0 Å². The molecule has 68 valence electrons. The zero-order chi connectivity index (χ0) is 8.60. The smallest absolute Gasteiger partial charge is 0.222 e. The second-order valence-electron chi connectivity index (χ2n) is 4.16. The van der Waals surface area contributed by atoms with Gasteiger partial charge in [0.1, 0.15) is 0 Å². The summed E-state index contributed by atoms with van der Waals surface area (Å²) in [6.45, 7) is 1.80. The molecule has 1 saturated carbocycles. The molecule has 1 aliphatic heterocycles. The standard InChI is InChI=1S/C9H16N2O/c10-8(12)7-5-11-6-9(7)3-1-2-4-9/h7,11H,1-6H2,(H2,10,12). The normalized spacial score (nSPS) is 32.8. The van der Waals surface area contributed by atoms with Crippen molar-refractivity contribution in [3.63, 3.8) is 0 Å². The van der Waals surface area contributed by atoms with E-state index in [-0.39, 0.29) is 17.2 Å². The van der Waals surface area contributed by atoms with Gasteiger partial charge in [0.2, 0.25) is 5.91 Å². The van der Waals surface area contributed by atoms with E-state index in [2.05, 4.69) is 5.32 Å².